The standard InChI is InChI=1S/C8H14N2S/c1-2-9-5-3-4-8-10-6-7-11-8/h6-7,9H,2-5H2,1H3. The number of rotatable bonds is 5. The van der Waals surface area contributed by atoms with E-state index in [1.807, 2.05) is 11.6 Å². The Morgan fingerprint density at radius 1 is 1.64 bits per heavy atom. The quantitative estimate of drug-likeness (QED) is 0.680. The number of nitrogens with one attached hydrogen (secondary N) is 1. The fourth-order valence-electron chi connectivity index (χ4n) is 0.918. The zero-order chi connectivity index (χ0) is 7.94. The summed E-state index contributed by atoms with van der Waals surface area (Å²) in [6, 6.07) is 0. The van der Waals surface area contributed by atoms with Gasteiger partial charge < -0.3 is 5.32 Å². The molecule has 0 fully saturated rings. The summed E-state index contributed by atoms with van der Waals surface area (Å²) in [5.74, 6) is 0. The summed E-state index contributed by atoms with van der Waals surface area (Å²) >= 11 is 1.74. The van der Waals surface area contributed by atoms with E-state index in [0.29, 0.717) is 0 Å². The molecule has 1 aromatic heterocycles. The number of hydrogen-bond acceptors (Lipinski definition) is 3. The second-order valence-corrected chi connectivity index (χ2v) is 3.36. The van der Waals surface area contributed by atoms with Crippen molar-refractivity contribution < 1.29 is 0 Å². The third-order valence-electron chi connectivity index (χ3n) is 1.48. The van der Waals surface area contributed by atoms with E-state index in [2.05, 4.69) is 17.2 Å². The van der Waals surface area contributed by atoms with E-state index in [-0.39, 0.29) is 0 Å². The summed E-state index contributed by atoms with van der Waals surface area (Å²) < 4.78 is 0. The van der Waals surface area contributed by atoms with Gasteiger partial charge in [0.05, 0.1) is 5.01 Å². The lowest BCUT2D eigenvalue weighted by atomic mass is 10.3. The van der Waals surface area contributed by atoms with Crippen molar-refractivity contribution >= 4 is 11.3 Å². The van der Waals surface area contributed by atoms with Gasteiger partial charge in [0.2, 0.25) is 0 Å². The van der Waals surface area contributed by atoms with Crippen LogP contribution in [-0.4, -0.2) is 18.1 Å². The lowest BCUT2D eigenvalue weighted by molar-refractivity contribution is 0.671. The Bertz CT molecular complexity index is 172. The van der Waals surface area contributed by atoms with Crippen LogP contribution in [-0.2, 0) is 6.42 Å². The number of aryl methyl sites for hydroxylation is 1. The molecule has 0 saturated heterocycles. The predicted molar refractivity (Wildman–Crippen MR) is 49.0 cm³/mol. The molecular formula is C8H14N2S. The first kappa shape index (κ1) is 8.68. The Labute approximate surface area is 71.7 Å². The van der Waals surface area contributed by atoms with Gasteiger partial charge in [0.25, 0.3) is 0 Å². The minimum absolute atomic E-state index is 1.07. The van der Waals surface area contributed by atoms with Crippen LogP contribution in [0.1, 0.15) is 18.4 Å². The predicted octanol–water partition coefficient (Wildman–Crippen LogP) is 1.69. The van der Waals surface area contributed by atoms with Gasteiger partial charge in [0.15, 0.2) is 0 Å². The van der Waals surface area contributed by atoms with Crippen molar-refractivity contribution in [1.82, 2.24) is 10.3 Å². The highest BCUT2D eigenvalue weighted by Crippen LogP contribution is 2.05. The third kappa shape index (κ3) is 3.49. The van der Waals surface area contributed by atoms with Gasteiger partial charge in [0, 0.05) is 18.0 Å². The number of aromatic nitrogens is 1. The van der Waals surface area contributed by atoms with Crippen LogP contribution in [0, 0.1) is 0 Å². The topological polar surface area (TPSA) is 24.9 Å². The molecule has 0 unspecified atom stereocenters. The molecule has 0 radical (unpaired) electrons. The number of nitrogens with zero attached hydrogens (tertiary/aromatic N) is 1. The Morgan fingerprint density at radius 3 is 3.18 bits per heavy atom. The lowest BCUT2D eigenvalue weighted by Crippen LogP contribution is -2.14. The third-order valence-corrected chi connectivity index (χ3v) is 2.32. The number of thiazole rings is 1. The molecule has 0 aliphatic carbocycles. The van der Waals surface area contributed by atoms with Crippen molar-refractivity contribution in [3.05, 3.63) is 16.6 Å². The highest BCUT2D eigenvalue weighted by atomic mass is 32.1. The van der Waals surface area contributed by atoms with Gasteiger partial charge in [-0.1, -0.05) is 6.92 Å². The van der Waals surface area contributed by atoms with E-state index in [1.165, 1.54) is 11.4 Å². The Balaban J connectivity index is 2.04. The second-order valence-electron chi connectivity index (χ2n) is 2.38. The molecule has 1 heterocycles. The maximum absolute atomic E-state index is 4.20. The first-order valence-corrected chi connectivity index (χ1v) is 4.90. The molecular weight excluding hydrogens is 156 g/mol. The molecule has 1 aromatic rings. The zero-order valence-electron chi connectivity index (χ0n) is 6.84. The van der Waals surface area contributed by atoms with E-state index in [1.54, 1.807) is 11.3 Å². The van der Waals surface area contributed by atoms with Crippen LogP contribution in [0.25, 0.3) is 0 Å². The average molecular weight is 170 g/mol. The molecule has 1 rings (SSSR count). The van der Waals surface area contributed by atoms with E-state index in [0.717, 1.165) is 19.5 Å². The first-order chi connectivity index (χ1) is 5.43. The summed E-state index contributed by atoms with van der Waals surface area (Å²) in [6.07, 6.45) is 4.18. The molecule has 0 spiro atoms. The summed E-state index contributed by atoms with van der Waals surface area (Å²) in [4.78, 5) is 4.20. The molecule has 3 heteroatoms. The maximum Gasteiger partial charge on any atom is 0.0925 e. The van der Waals surface area contributed by atoms with Crippen LogP contribution in [0.4, 0.5) is 0 Å². The van der Waals surface area contributed by atoms with Gasteiger partial charge >= 0.3 is 0 Å². The van der Waals surface area contributed by atoms with Gasteiger partial charge in [-0.05, 0) is 19.5 Å². The van der Waals surface area contributed by atoms with Crippen LogP contribution in [0.15, 0.2) is 11.6 Å². The minimum Gasteiger partial charge on any atom is -0.317 e. The Hall–Kier alpha value is -0.410. The monoisotopic (exact) mass is 170 g/mol. The van der Waals surface area contributed by atoms with Crippen molar-refractivity contribution in [3.8, 4) is 0 Å². The smallest absolute Gasteiger partial charge is 0.0925 e. The summed E-state index contributed by atoms with van der Waals surface area (Å²) in [5.41, 5.74) is 0. The maximum atomic E-state index is 4.20. The largest absolute Gasteiger partial charge is 0.317 e. The van der Waals surface area contributed by atoms with E-state index >= 15 is 0 Å². The van der Waals surface area contributed by atoms with E-state index < -0.39 is 0 Å². The summed E-state index contributed by atoms with van der Waals surface area (Å²) in [7, 11) is 0. The first-order valence-electron chi connectivity index (χ1n) is 4.02. The molecule has 2 nitrogen and oxygen atoms in total. The molecule has 0 aliphatic heterocycles. The highest BCUT2D eigenvalue weighted by Gasteiger charge is 1.93. The normalized spacial score (nSPS) is 10.3. The van der Waals surface area contributed by atoms with Crippen molar-refractivity contribution in [2.24, 2.45) is 0 Å². The van der Waals surface area contributed by atoms with Gasteiger partial charge in [-0.15, -0.1) is 11.3 Å². The zero-order valence-corrected chi connectivity index (χ0v) is 7.66. The van der Waals surface area contributed by atoms with Crippen LogP contribution in [0.2, 0.25) is 0 Å². The van der Waals surface area contributed by atoms with Crippen LogP contribution in [0.3, 0.4) is 0 Å². The summed E-state index contributed by atoms with van der Waals surface area (Å²) in [6.45, 7) is 4.30. The fourth-order valence-corrected chi connectivity index (χ4v) is 1.58. The second kappa shape index (κ2) is 5.27. The molecule has 0 amide bonds. The van der Waals surface area contributed by atoms with Gasteiger partial charge in [-0.25, -0.2) is 4.98 Å². The van der Waals surface area contributed by atoms with Crippen LogP contribution in [0.5, 0.6) is 0 Å². The Kier molecular flexibility index (Phi) is 4.16. The van der Waals surface area contributed by atoms with Crippen LogP contribution < -0.4 is 5.32 Å². The lowest BCUT2D eigenvalue weighted by Gasteiger charge is -1.97. The van der Waals surface area contributed by atoms with Gasteiger partial charge in [-0.2, -0.15) is 0 Å². The minimum atomic E-state index is 1.07. The molecule has 11 heavy (non-hydrogen) atoms. The van der Waals surface area contributed by atoms with Crippen molar-refractivity contribution in [1.29, 1.82) is 0 Å². The molecule has 0 aromatic carbocycles. The molecule has 0 saturated carbocycles. The van der Waals surface area contributed by atoms with Crippen LogP contribution >= 0.6 is 11.3 Å². The van der Waals surface area contributed by atoms with Crippen molar-refractivity contribution in [3.63, 3.8) is 0 Å². The molecule has 1 N–H and O–H groups in total. The van der Waals surface area contributed by atoms with Crippen molar-refractivity contribution in [2.75, 3.05) is 13.1 Å². The Morgan fingerprint density at radius 2 is 2.55 bits per heavy atom. The SMILES string of the molecule is CCNCCCc1nccs1. The highest BCUT2D eigenvalue weighted by molar-refractivity contribution is 7.09. The molecule has 0 bridgehead atoms. The molecule has 62 valence electrons. The number of hydrogen-bond donors (Lipinski definition) is 1. The average Bonchev–Trinajstić information content (AvgIpc) is 2.50. The molecule has 0 aliphatic rings. The molecule has 0 atom stereocenters. The van der Waals surface area contributed by atoms with Gasteiger partial charge in [-0.3, -0.25) is 0 Å². The van der Waals surface area contributed by atoms with E-state index in [9.17, 15) is 0 Å². The van der Waals surface area contributed by atoms with Gasteiger partial charge in [0.1, 0.15) is 0 Å². The van der Waals surface area contributed by atoms with E-state index in [4.69, 9.17) is 0 Å². The van der Waals surface area contributed by atoms with Crippen molar-refractivity contribution in [2.45, 2.75) is 19.8 Å². The summed E-state index contributed by atoms with van der Waals surface area (Å²) in [5, 5.41) is 6.57. The fraction of sp³-hybridized carbons (Fsp3) is 0.625.